The average molecular weight is 449 g/mol. The molecule has 3 N–H and O–H groups in total. The molecule has 1 saturated heterocycles. The van der Waals surface area contributed by atoms with Crippen molar-refractivity contribution in [3.63, 3.8) is 0 Å². The molecule has 170 valence electrons. The topological polar surface area (TPSA) is 101 Å². The first-order valence-electron chi connectivity index (χ1n) is 10.4. The number of halogens is 1. The predicted octanol–water partition coefficient (Wildman–Crippen LogP) is 2.35. The lowest BCUT2D eigenvalue weighted by Gasteiger charge is -2.32. The van der Waals surface area contributed by atoms with Crippen molar-refractivity contribution in [3.8, 4) is 11.3 Å². The van der Waals surface area contributed by atoms with E-state index >= 15 is 0 Å². The van der Waals surface area contributed by atoms with E-state index in [1.54, 1.807) is 6.20 Å². The molecule has 1 amide bonds. The molecule has 0 unspecified atom stereocenters. The van der Waals surface area contributed by atoms with Crippen LogP contribution in [0.15, 0.2) is 36.5 Å². The van der Waals surface area contributed by atoms with E-state index in [-0.39, 0.29) is 37.1 Å². The fourth-order valence-electron chi connectivity index (χ4n) is 3.85. The van der Waals surface area contributed by atoms with Crippen LogP contribution >= 0.6 is 12.4 Å². The van der Waals surface area contributed by atoms with Crippen molar-refractivity contribution >= 4 is 24.1 Å². The summed E-state index contributed by atoms with van der Waals surface area (Å²) in [5.74, 6) is -0.297. The van der Waals surface area contributed by atoms with Gasteiger partial charge in [-0.2, -0.15) is 5.10 Å². The number of hydrogen-bond donors (Lipinski definition) is 2. The molecule has 0 radical (unpaired) electrons. The number of carbonyl (C=O) groups is 2. The highest BCUT2D eigenvalue weighted by Crippen LogP contribution is 2.26. The van der Waals surface area contributed by atoms with Crippen LogP contribution in [0.1, 0.15) is 39.2 Å². The van der Waals surface area contributed by atoms with Crippen LogP contribution in [-0.4, -0.2) is 56.2 Å². The van der Waals surface area contributed by atoms with Crippen LogP contribution in [-0.2, 0) is 23.1 Å². The number of aryl methyl sites for hydroxylation is 2. The molecule has 1 aromatic heterocycles. The molecular formula is C23H33ClN4O3. The molecule has 2 aromatic rings. The molecular weight excluding hydrogens is 416 g/mol. The van der Waals surface area contributed by atoms with Gasteiger partial charge in [0.2, 0.25) is 5.91 Å². The lowest BCUT2D eigenvalue weighted by atomic mass is 9.86. The first-order chi connectivity index (χ1) is 14.1. The summed E-state index contributed by atoms with van der Waals surface area (Å²) in [6.45, 7) is 5.86. The van der Waals surface area contributed by atoms with Crippen LogP contribution in [0.3, 0.4) is 0 Å². The van der Waals surface area contributed by atoms with E-state index in [4.69, 9.17) is 5.73 Å². The molecule has 1 aliphatic heterocycles. The maximum absolute atomic E-state index is 12.9. The molecule has 1 aromatic carbocycles. The Morgan fingerprint density at radius 2 is 1.87 bits per heavy atom. The van der Waals surface area contributed by atoms with Crippen molar-refractivity contribution in [2.75, 3.05) is 6.54 Å². The lowest BCUT2D eigenvalue weighted by molar-refractivity contribution is -0.140. The number of nitrogens with zero attached hydrogens (tertiary/aromatic N) is 3. The van der Waals surface area contributed by atoms with Gasteiger partial charge in [0, 0.05) is 32.6 Å². The standard InChI is InChI=1S/C23H32N4O3.ClH/c1-23(2,3)21(24)22(30)27-14-17(28)13-19(27)20(29)10-7-15-5-8-16(9-6-15)18-11-12-25-26(18)4;/h5-6,8-9,11-12,17,19,21,28H,7,10,13-14,24H2,1-4H3;1H/t17-,19+,21-;/m1./s1. The summed E-state index contributed by atoms with van der Waals surface area (Å²) in [7, 11) is 1.90. The van der Waals surface area contributed by atoms with Crippen LogP contribution in [0.5, 0.6) is 0 Å². The van der Waals surface area contributed by atoms with Gasteiger partial charge in [-0.3, -0.25) is 14.3 Å². The number of hydrogen-bond acceptors (Lipinski definition) is 5. The third-order valence-electron chi connectivity index (χ3n) is 5.86. The predicted molar refractivity (Wildman–Crippen MR) is 123 cm³/mol. The zero-order valence-electron chi connectivity index (χ0n) is 18.6. The average Bonchev–Trinajstić information content (AvgIpc) is 3.30. The molecule has 2 heterocycles. The minimum Gasteiger partial charge on any atom is -0.391 e. The highest BCUT2D eigenvalue weighted by molar-refractivity contribution is 5.92. The molecule has 7 nitrogen and oxygen atoms in total. The van der Waals surface area contributed by atoms with Gasteiger partial charge in [-0.15, -0.1) is 12.4 Å². The third kappa shape index (κ3) is 5.73. The number of Topliss-reactive ketones (excluding diaryl/α,β-unsaturated/α-hetero) is 1. The summed E-state index contributed by atoms with van der Waals surface area (Å²) in [5.41, 5.74) is 8.86. The van der Waals surface area contributed by atoms with E-state index in [9.17, 15) is 14.7 Å². The molecule has 0 bridgehead atoms. The van der Waals surface area contributed by atoms with Gasteiger partial charge in [0.15, 0.2) is 5.78 Å². The molecule has 8 heteroatoms. The molecule has 0 spiro atoms. The van der Waals surface area contributed by atoms with Gasteiger partial charge < -0.3 is 15.7 Å². The van der Waals surface area contributed by atoms with Crippen molar-refractivity contribution in [1.82, 2.24) is 14.7 Å². The van der Waals surface area contributed by atoms with Gasteiger partial charge in [0.1, 0.15) is 0 Å². The number of nitrogens with two attached hydrogens (primary N) is 1. The largest absolute Gasteiger partial charge is 0.391 e. The second kappa shape index (κ2) is 9.94. The lowest BCUT2D eigenvalue weighted by Crippen LogP contribution is -2.53. The smallest absolute Gasteiger partial charge is 0.240 e. The second-order valence-corrected chi connectivity index (χ2v) is 9.24. The van der Waals surface area contributed by atoms with Gasteiger partial charge in [0.05, 0.1) is 23.9 Å². The first kappa shape index (κ1) is 25.0. The van der Waals surface area contributed by atoms with Crippen LogP contribution in [0.4, 0.5) is 0 Å². The monoisotopic (exact) mass is 448 g/mol. The van der Waals surface area contributed by atoms with E-state index in [0.29, 0.717) is 12.8 Å². The molecule has 1 aliphatic rings. The number of carbonyl (C=O) groups excluding carboxylic acids is 2. The SMILES string of the molecule is Cl.Cn1nccc1-c1ccc(CCC(=O)[C@@H]2C[C@@H](O)CN2C(=O)[C@@H](N)C(C)(C)C)cc1. The Bertz CT molecular complexity index is 904. The van der Waals surface area contributed by atoms with Crippen LogP contribution in [0.25, 0.3) is 11.3 Å². The van der Waals surface area contributed by atoms with Crippen molar-refractivity contribution < 1.29 is 14.7 Å². The molecule has 3 rings (SSSR count). The van der Waals surface area contributed by atoms with Gasteiger partial charge in [-0.1, -0.05) is 45.0 Å². The summed E-state index contributed by atoms with van der Waals surface area (Å²) in [5, 5.41) is 14.3. The highest BCUT2D eigenvalue weighted by Gasteiger charge is 2.42. The zero-order valence-corrected chi connectivity index (χ0v) is 19.4. The summed E-state index contributed by atoms with van der Waals surface area (Å²) in [4.78, 5) is 27.2. The Hall–Kier alpha value is -2.22. The van der Waals surface area contributed by atoms with Crippen molar-refractivity contribution in [3.05, 3.63) is 42.1 Å². The maximum Gasteiger partial charge on any atom is 0.240 e. The number of ketones is 1. The summed E-state index contributed by atoms with van der Waals surface area (Å²) < 4.78 is 1.82. The second-order valence-electron chi connectivity index (χ2n) is 9.24. The highest BCUT2D eigenvalue weighted by atomic mass is 35.5. The van der Waals surface area contributed by atoms with Gasteiger partial charge >= 0.3 is 0 Å². The number of aliphatic hydroxyl groups is 1. The van der Waals surface area contributed by atoms with E-state index in [1.807, 2.05) is 62.8 Å². The number of aliphatic hydroxyl groups excluding tert-OH is 1. The molecule has 0 saturated carbocycles. The van der Waals surface area contributed by atoms with Gasteiger partial charge in [0.25, 0.3) is 0 Å². The van der Waals surface area contributed by atoms with Gasteiger partial charge in [-0.05, 0) is 29.0 Å². The number of benzene rings is 1. The Morgan fingerprint density at radius 3 is 2.42 bits per heavy atom. The van der Waals surface area contributed by atoms with Crippen LogP contribution in [0, 0.1) is 5.41 Å². The number of likely N-dealkylation sites (tertiary alicyclic amines) is 1. The Labute approximate surface area is 190 Å². The number of β-amino-alcohol motifs (C(OH)–C–C–N with tert-alkyl or cyclic N) is 1. The van der Waals surface area contributed by atoms with Crippen LogP contribution < -0.4 is 5.73 Å². The van der Waals surface area contributed by atoms with Crippen molar-refractivity contribution in [2.24, 2.45) is 18.2 Å². The summed E-state index contributed by atoms with van der Waals surface area (Å²) in [6.07, 6.45) is 2.26. The molecule has 0 aliphatic carbocycles. The normalized spacial score (nSPS) is 19.7. The van der Waals surface area contributed by atoms with Crippen molar-refractivity contribution in [1.29, 1.82) is 0 Å². The Morgan fingerprint density at radius 1 is 1.23 bits per heavy atom. The summed E-state index contributed by atoms with van der Waals surface area (Å²) in [6, 6.07) is 8.71. The number of aromatic nitrogens is 2. The number of rotatable bonds is 6. The maximum atomic E-state index is 12.9. The number of amides is 1. The molecule has 3 atom stereocenters. The van der Waals surface area contributed by atoms with E-state index in [0.717, 1.165) is 16.8 Å². The Balaban J connectivity index is 0.00000341. The summed E-state index contributed by atoms with van der Waals surface area (Å²) >= 11 is 0. The van der Waals surface area contributed by atoms with Gasteiger partial charge in [-0.25, -0.2) is 0 Å². The van der Waals surface area contributed by atoms with Crippen LogP contribution in [0.2, 0.25) is 0 Å². The fraction of sp³-hybridized carbons (Fsp3) is 0.522. The van der Waals surface area contributed by atoms with E-state index < -0.39 is 23.6 Å². The minimum atomic E-state index is -0.711. The van der Waals surface area contributed by atoms with Crippen molar-refractivity contribution in [2.45, 2.75) is 58.2 Å². The molecule has 1 fully saturated rings. The quantitative estimate of drug-likeness (QED) is 0.706. The zero-order chi connectivity index (χ0) is 22.1. The molecule has 31 heavy (non-hydrogen) atoms. The van der Waals surface area contributed by atoms with E-state index in [2.05, 4.69) is 5.10 Å². The third-order valence-corrected chi connectivity index (χ3v) is 5.86. The minimum absolute atomic E-state index is 0. The first-order valence-corrected chi connectivity index (χ1v) is 10.4. The fourth-order valence-corrected chi connectivity index (χ4v) is 3.85. The Kier molecular flexibility index (Phi) is 8.03. The van der Waals surface area contributed by atoms with E-state index in [1.165, 1.54) is 4.90 Å².